The van der Waals surface area contributed by atoms with Crippen LogP contribution in [0.25, 0.3) is 0 Å². The van der Waals surface area contributed by atoms with Crippen molar-refractivity contribution in [3.63, 3.8) is 0 Å². The van der Waals surface area contributed by atoms with E-state index in [1.165, 1.54) is 33.4 Å². The minimum Gasteiger partial charge on any atom is -0.341 e. The summed E-state index contributed by atoms with van der Waals surface area (Å²) in [6.45, 7) is 2.56. The molecule has 0 spiro atoms. The Morgan fingerprint density at radius 1 is 1.50 bits per heavy atom. The molecule has 130 valence electrons. The molecule has 0 saturated carbocycles. The van der Waals surface area contributed by atoms with E-state index in [0.29, 0.717) is 11.7 Å². The Hall–Kier alpha value is -1.80. The van der Waals surface area contributed by atoms with E-state index in [1.54, 1.807) is 13.1 Å². The standard InChI is InChI=1S/C15H18ClFN4O2S/c1-3-7-21-14(23)18-19-15(21)24-9-13(22)20(2)8-10-11(16)5-4-6-12(10)17/h4-6H,3,7-9H2,1-2H3,(H,18,23). The Bertz CT molecular complexity index is 757. The number of amides is 1. The number of benzene rings is 1. The number of H-pyrrole nitrogens is 1. The lowest BCUT2D eigenvalue weighted by Gasteiger charge is -2.18. The lowest BCUT2D eigenvalue weighted by molar-refractivity contribution is -0.127. The van der Waals surface area contributed by atoms with Gasteiger partial charge in [-0.2, -0.15) is 0 Å². The van der Waals surface area contributed by atoms with Gasteiger partial charge in [0.15, 0.2) is 5.16 Å². The molecule has 1 aromatic heterocycles. The highest BCUT2D eigenvalue weighted by atomic mass is 35.5. The minimum absolute atomic E-state index is 0.0766. The minimum atomic E-state index is -0.445. The molecule has 0 fully saturated rings. The summed E-state index contributed by atoms with van der Waals surface area (Å²) in [5.41, 5.74) is -0.0130. The zero-order valence-electron chi connectivity index (χ0n) is 13.4. The monoisotopic (exact) mass is 372 g/mol. The van der Waals surface area contributed by atoms with Crippen molar-refractivity contribution in [2.75, 3.05) is 12.8 Å². The van der Waals surface area contributed by atoms with Gasteiger partial charge >= 0.3 is 5.69 Å². The second-order valence-corrected chi connectivity index (χ2v) is 6.55. The fourth-order valence-electron chi connectivity index (χ4n) is 2.08. The second kappa shape index (κ2) is 8.34. The Morgan fingerprint density at radius 2 is 2.25 bits per heavy atom. The highest BCUT2D eigenvalue weighted by Crippen LogP contribution is 2.21. The molecule has 1 amide bonds. The van der Waals surface area contributed by atoms with Gasteiger partial charge in [-0.25, -0.2) is 14.3 Å². The number of aromatic nitrogens is 3. The summed E-state index contributed by atoms with van der Waals surface area (Å²) in [5, 5.41) is 7.04. The van der Waals surface area contributed by atoms with Crippen LogP contribution in [0, 0.1) is 5.82 Å². The predicted molar refractivity (Wildman–Crippen MR) is 91.7 cm³/mol. The molecule has 1 aromatic carbocycles. The number of hydrogen-bond donors (Lipinski definition) is 1. The Morgan fingerprint density at radius 3 is 2.92 bits per heavy atom. The SMILES string of the molecule is CCCn1c(SCC(=O)N(C)Cc2c(F)cccc2Cl)n[nH]c1=O. The molecule has 1 heterocycles. The number of rotatable bonds is 7. The third kappa shape index (κ3) is 4.39. The van der Waals surface area contributed by atoms with Gasteiger partial charge in [-0.3, -0.25) is 9.36 Å². The predicted octanol–water partition coefficient (Wildman–Crippen LogP) is 2.52. The number of nitrogens with one attached hydrogen (secondary N) is 1. The number of thioether (sulfide) groups is 1. The molecule has 0 bridgehead atoms. The van der Waals surface area contributed by atoms with Gasteiger partial charge in [-0.15, -0.1) is 5.10 Å². The first-order valence-corrected chi connectivity index (χ1v) is 8.75. The van der Waals surface area contributed by atoms with Gasteiger partial charge in [-0.1, -0.05) is 36.4 Å². The van der Waals surface area contributed by atoms with Gasteiger partial charge < -0.3 is 4.90 Å². The van der Waals surface area contributed by atoms with Crippen LogP contribution in [0.3, 0.4) is 0 Å². The number of carbonyl (C=O) groups is 1. The van der Waals surface area contributed by atoms with Gasteiger partial charge in [0.25, 0.3) is 0 Å². The summed E-state index contributed by atoms with van der Waals surface area (Å²) in [6, 6.07) is 4.41. The van der Waals surface area contributed by atoms with Gasteiger partial charge in [0.2, 0.25) is 5.91 Å². The second-order valence-electron chi connectivity index (χ2n) is 5.20. The molecule has 9 heteroatoms. The number of carbonyl (C=O) groups excluding carboxylic acids is 1. The molecule has 6 nitrogen and oxygen atoms in total. The molecule has 0 radical (unpaired) electrons. The summed E-state index contributed by atoms with van der Waals surface area (Å²) in [5.74, 6) is -0.562. The van der Waals surface area contributed by atoms with Crippen molar-refractivity contribution in [2.45, 2.75) is 31.6 Å². The maximum atomic E-state index is 13.8. The molecule has 0 saturated heterocycles. The lowest BCUT2D eigenvalue weighted by Crippen LogP contribution is -2.28. The fraction of sp³-hybridized carbons (Fsp3) is 0.400. The molecule has 1 N–H and O–H groups in total. The highest BCUT2D eigenvalue weighted by Gasteiger charge is 2.16. The van der Waals surface area contributed by atoms with Crippen molar-refractivity contribution in [1.82, 2.24) is 19.7 Å². The molecule has 0 atom stereocenters. The topological polar surface area (TPSA) is 71.0 Å². The lowest BCUT2D eigenvalue weighted by atomic mass is 10.2. The summed E-state index contributed by atoms with van der Waals surface area (Å²) >= 11 is 7.14. The van der Waals surface area contributed by atoms with E-state index < -0.39 is 5.82 Å². The van der Waals surface area contributed by atoms with E-state index in [-0.39, 0.29) is 34.5 Å². The van der Waals surface area contributed by atoms with Crippen LogP contribution in [0.2, 0.25) is 5.02 Å². The quantitative estimate of drug-likeness (QED) is 0.758. The maximum Gasteiger partial charge on any atom is 0.343 e. The summed E-state index contributed by atoms with van der Waals surface area (Å²) in [4.78, 5) is 25.2. The molecule has 2 aromatic rings. The van der Waals surface area contributed by atoms with Gasteiger partial charge in [0, 0.05) is 30.7 Å². The first-order valence-electron chi connectivity index (χ1n) is 7.38. The third-order valence-electron chi connectivity index (χ3n) is 3.38. The van der Waals surface area contributed by atoms with Gasteiger partial charge in [0.05, 0.1) is 5.75 Å². The molecule has 0 unspecified atom stereocenters. The Kier molecular flexibility index (Phi) is 6.44. The van der Waals surface area contributed by atoms with Gasteiger partial charge in [0.1, 0.15) is 5.82 Å². The summed E-state index contributed by atoms with van der Waals surface area (Å²) in [7, 11) is 1.58. The van der Waals surface area contributed by atoms with E-state index in [4.69, 9.17) is 11.6 Å². The number of halogens is 2. The van der Waals surface area contributed by atoms with Crippen LogP contribution in [0.4, 0.5) is 4.39 Å². The number of aromatic amines is 1. The molecule has 0 aliphatic carbocycles. The maximum absolute atomic E-state index is 13.8. The Labute approximate surface area is 148 Å². The average molecular weight is 373 g/mol. The highest BCUT2D eigenvalue weighted by molar-refractivity contribution is 7.99. The van der Waals surface area contributed by atoms with Crippen molar-refractivity contribution in [1.29, 1.82) is 0 Å². The smallest absolute Gasteiger partial charge is 0.341 e. The van der Waals surface area contributed by atoms with Crippen molar-refractivity contribution in [2.24, 2.45) is 0 Å². The van der Waals surface area contributed by atoms with Crippen LogP contribution in [-0.4, -0.2) is 38.4 Å². The fourth-order valence-corrected chi connectivity index (χ4v) is 3.22. The summed E-state index contributed by atoms with van der Waals surface area (Å²) in [6.07, 6.45) is 0.784. The Balaban J connectivity index is 1.99. The number of hydrogen-bond acceptors (Lipinski definition) is 4. The van der Waals surface area contributed by atoms with E-state index >= 15 is 0 Å². The molecule has 0 aliphatic heterocycles. The van der Waals surface area contributed by atoms with Crippen LogP contribution in [-0.2, 0) is 17.9 Å². The molecular formula is C15H18ClFN4O2S. The zero-order valence-corrected chi connectivity index (χ0v) is 15.0. The van der Waals surface area contributed by atoms with Gasteiger partial charge in [-0.05, 0) is 18.6 Å². The average Bonchev–Trinajstić information content (AvgIpc) is 2.89. The largest absolute Gasteiger partial charge is 0.343 e. The normalized spacial score (nSPS) is 10.8. The summed E-state index contributed by atoms with van der Waals surface area (Å²) < 4.78 is 15.3. The van der Waals surface area contributed by atoms with Crippen LogP contribution in [0.15, 0.2) is 28.2 Å². The number of nitrogens with zero attached hydrogens (tertiary/aromatic N) is 3. The van der Waals surface area contributed by atoms with E-state index in [1.807, 2.05) is 6.92 Å². The van der Waals surface area contributed by atoms with Crippen molar-refractivity contribution in [3.05, 3.63) is 45.1 Å². The first-order chi connectivity index (χ1) is 11.4. The van der Waals surface area contributed by atoms with Crippen LogP contribution in [0.1, 0.15) is 18.9 Å². The zero-order chi connectivity index (χ0) is 17.7. The van der Waals surface area contributed by atoms with Crippen LogP contribution >= 0.6 is 23.4 Å². The first kappa shape index (κ1) is 18.5. The molecular weight excluding hydrogens is 355 g/mol. The molecule has 0 aliphatic rings. The van der Waals surface area contributed by atoms with E-state index in [0.717, 1.165) is 6.42 Å². The molecule has 2 rings (SSSR count). The van der Waals surface area contributed by atoms with Crippen molar-refractivity contribution < 1.29 is 9.18 Å². The van der Waals surface area contributed by atoms with Crippen LogP contribution in [0.5, 0.6) is 0 Å². The van der Waals surface area contributed by atoms with E-state index in [9.17, 15) is 14.0 Å². The van der Waals surface area contributed by atoms with Crippen molar-refractivity contribution in [3.8, 4) is 0 Å². The third-order valence-corrected chi connectivity index (χ3v) is 4.69. The molecule has 24 heavy (non-hydrogen) atoms. The van der Waals surface area contributed by atoms with Crippen molar-refractivity contribution >= 4 is 29.3 Å². The van der Waals surface area contributed by atoms with E-state index in [2.05, 4.69) is 10.2 Å². The van der Waals surface area contributed by atoms with Crippen LogP contribution < -0.4 is 5.69 Å².